The minimum absolute atomic E-state index is 0.0321. The van der Waals surface area contributed by atoms with Crippen LogP contribution >= 0.6 is 11.3 Å². The average Bonchev–Trinajstić information content (AvgIpc) is 3.12. The maximum Gasteiger partial charge on any atom is 0.241 e. The van der Waals surface area contributed by atoms with Gasteiger partial charge in [-0.2, -0.15) is 0 Å². The van der Waals surface area contributed by atoms with Crippen LogP contribution in [-0.4, -0.2) is 30.8 Å². The number of anilines is 1. The molecule has 1 aromatic heterocycles. The standard InChI is InChI=1S/C20H18F2N2O3S2/c21-15-8-9-17(22)16(11-15)18-12-28-20(23-18)24-19(25)13-29(26,27)10-4-7-14-5-2-1-3-6-14/h1-3,5-6,8-9,11-12H,4,7,10,13H2,(H,23,24,25). The lowest BCUT2D eigenvalue weighted by Gasteiger charge is -2.05. The first kappa shape index (κ1) is 21.1. The summed E-state index contributed by atoms with van der Waals surface area (Å²) in [6, 6.07) is 12.5. The highest BCUT2D eigenvalue weighted by Crippen LogP contribution is 2.27. The van der Waals surface area contributed by atoms with Gasteiger partial charge in [0, 0.05) is 10.9 Å². The van der Waals surface area contributed by atoms with Gasteiger partial charge in [-0.25, -0.2) is 22.2 Å². The van der Waals surface area contributed by atoms with Crippen LogP contribution in [0, 0.1) is 11.6 Å². The number of nitrogens with one attached hydrogen (secondary N) is 1. The maximum atomic E-state index is 13.8. The number of carbonyl (C=O) groups is 1. The molecule has 0 aliphatic carbocycles. The molecule has 3 aromatic rings. The van der Waals surface area contributed by atoms with E-state index in [2.05, 4.69) is 10.3 Å². The maximum absolute atomic E-state index is 13.8. The zero-order valence-corrected chi connectivity index (χ0v) is 16.9. The van der Waals surface area contributed by atoms with Gasteiger partial charge in [-0.1, -0.05) is 30.3 Å². The number of sulfone groups is 1. The molecule has 1 amide bonds. The molecule has 0 aliphatic rings. The van der Waals surface area contributed by atoms with Gasteiger partial charge in [-0.15, -0.1) is 11.3 Å². The van der Waals surface area contributed by atoms with E-state index in [4.69, 9.17) is 0 Å². The Kier molecular flexibility index (Phi) is 6.71. The summed E-state index contributed by atoms with van der Waals surface area (Å²) in [5.41, 5.74) is 1.16. The van der Waals surface area contributed by atoms with E-state index in [0.717, 1.165) is 35.1 Å². The molecule has 0 unspecified atom stereocenters. The fourth-order valence-electron chi connectivity index (χ4n) is 2.72. The summed E-state index contributed by atoms with van der Waals surface area (Å²) in [5.74, 6) is -2.74. The number of halogens is 2. The van der Waals surface area contributed by atoms with Crippen molar-refractivity contribution in [3.05, 3.63) is 71.1 Å². The van der Waals surface area contributed by atoms with Gasteiger partial charge in [0.2, 0.25) is 5.91 Å². The topological polar surface area (TPSA) is 76.1 Å². The van der Waals surface area contributed by atoms with Gasteiger partial charge in [0.1, 0.15) is 17.4 Å². The van der Waals surface area contributed by atoms with E-state index in [9.17, 15) is 22.0 Å². The number of hydrogen-bond donors (Lipinski definition) is 1. The second kappa shape index (κ2) is 9.23. The van der Waals surface area contributed by atoms with E-state index in [-0.39, 0.29) is 22.1 Å². The summed E-state index contributed by atoms with van der Waals surface area (Å²) >= 11 is 1.00. The summed E-state index contributed by atoms with van der Waals surface area (Å²) in [7, 11) is -3.57. The van der Waals surface area contributed by atoms with Crippen molar-refractivity contribution in [2.24, 2.45) is 0 Å². The van der Waals surface area contributed by atoms with Crippen LogP contribution in [0.25, 0.3) is 11.3 Å². The Morgan fingerprint density at radius 2 is 1.86 bits per heavy atom. The van der Waals surface area contributed by atoms with Crippen molar-refractivity contribution in [3.8, 4) is 11.3 Å². The first-order chi connectivity index (χ1) is 13.8. The molecule has 152 valence electrons. The van der Waals surface area contributed by atoms with Crippen LogP contribution in [0.5, 0.6) is 0 Å². The van der Waals surface area contributed by atoms with Gasteiger partial charge in [-0.05, 0) is 36.6 Å². The van der Waals surface area contributed by atoms with Crippen LogP contribution < -0.4 is 5.32 Å². The quantitative estimate of drug-likeness (QED) is 0.577. The molecule has 1 heterocycles. The third-order valence-electron chi connectivity index (χ3n) is 4.07. The molecule has 5 nitrogen and oxygen atoms in total. The minimum atomic E-state index is -3.57. The van der Waals surface area contributed by atoms with Crippen molar-refractivity contribution in [3.63, 3.8) is 0 Å². The smallest absolute Gasteiger partial charge is 0.241 e. The molecular formula is C20H18F2N2O3S2. The monoisotopic (exact) mass is 436 g/mol. The normalized spacial score (nSPS) is 11.4. The van der Waals surface area contributed by atoms with E-state index < -0.39 is 33.1 Å². The molecule has 29 heavy (non-hydrogen) atoms. The molecule has 2 aromatic carbocycles. The Hall–Kier alpha value is -2.65. The lowest BCUT2D eigenvalue weighted by molar-refractivity contribution is -0.113. The molecule has 0 fully saturated rings. The zero-order chi connectivity index (χ0) is 20.9. The van der Waals surface area contributed by atoms with Crippen LogP contribution in [0.15, 0.2) is 53.9 Å². The number of aromatic nitrogens is 1. The third-order valence-corrected chi connectivity index (χ3v) is 6.44. The van der Waals surface area contributed by atoms with E-state index in [1.54, 1.807) is 0 Å². The summed E-state index contributed by atoms with van der Waals surface area (Å²) in [6.07, 6.45) is 1.02. The van der Waals surface area contributed by atoms with Gasteiger partial charge in [0.15, 0.2) is 15.0 Å². The molecule has 0 aliphatic heterocycles. The van der Waals surface area contributed by atoms with E-state index in [1.807, 2.05) is 30.3 Å². The van der Waals surface area contributed by atoms with Crippen LogP contribution in [0.2, 0.25) is 0 Å². The Labute approximate surface area is 171 Å². The first-order valence-corrected chi connectivity index (χ1v) is 11.5. The molecule has 9 heteroatoms. The fourth-order valence-corrected chi connectivity index (χ4v) is 4.64. The minimum Gasteiger partial charge on any atom is -0.301 e. The van der Waals surface area contributed by atoms with E-state index in [1.165, 1.54) is 5.38 Å². The van der Waals surface area contributed by atoms with Gasteiger partial charge in [0.05, 0.1) is 11.4 Å². The second-order valence-electron chi connectivity index (χ2n) is 6.39. The van der Waals surface area contributed by atoms with Gasteiger partial charge < -0.3 is 5.32 Å². The number of amides is 1. The highest BCUT2D eigenvalue weighted by Gasteiger charge is 2.18. The van der Waals surface area contributed by atoms with Gasteiger partial charge in [-0.3, -0.25) is 4.79 Å². The molecule has 3 rings (SSSR count). The molecule has 0 spiro atoms. The lowest BCUT2D eigenvalue weighted by atomic mass is 10.1. The number of benzene rings is 2. The van der Waals surface area contributed by atoms with Crippen molar-refractivity contribution in [2.75, 3.05) is 16.8 Å². The number of aryl methyl sites for hydroxylation is 1. The number of carbonyl (C=O) groups excluding carboxylic acids is 1. The summed E-state index contributed by atoms with van der Waals surface area (Å²) < 4.78 is 51.5. The molecule has 0 saturated carbocycles. The highest BCUT2D eigenvalue weighted by molar-refractivity contribution is 7.92. The Balaban J connectivity index is 1.55. The Morgan fingerprint density at radius 3 is 2.62 bits per heavy atom. The summed E-state index contributed by atoms with van der Waals surface area (Å²) in [4.78, 5) is 16.1. The Bertz CT molecular complexity index is 1100. The largest absolute Gasteiger partial charge is 0.301 e. The SMILES string of the molecule is O=C(CS(=O)(=O)CCCc1ccccc1)Nc1nc(-c2cc(F)ccc2F)cs1. The van der Waals surface area contributed by atoms with Crippen molar-refractivity contribution in [1.29, 1.82) is 0 Å². The van der Waals surface area contributed by atoms with Crippen LogP contribution in [-0.2, 0) is 21.1 Å². The predicted octanol–water partition coefficient (Wildman–Crippen LogP) is 4.07. The number of rotatable bonds is 8. The molecule has 0 saturated heterocycles. The van der Waals surface area contributed by atoms with Crippen LogP contribution in [0.3, 0.4) is 0 Å². The highest BCUT2D eigenvalue weighted by atomic mass is 32.2. The molecular weight excluding hydrogens is 418 g/mol. The second-order valence-corrected chi connectivity index (χ2v) is 9.43. The zero-order valence-electron chi connectivity index (χ0n) is 15.3. The van der Waals surface area contributed by atoms with Crippen molar-refractivity contribution < 1.29 is 22.0 Å². The lowest BCUT2D eigenvalue weighted by Crippen LogP contribution is -2.24. The van der Waals surface area contributed by atoms with Crippen LogP contribution in [0.1, 0.15) is 12.0 Å². The van der Waals surface area contributed by atoms with Crippen molar-refractivity contribution in [1.82, 2.24) is 4.98 Å². The van der Waals surface area contributed by atoms with Crippen LogP contribution in [0.4, 0.5) is 13.9 Å². The molecule has 0 radical (unpaired) electrons. The number of thiazole rings is 1. The van der Waals surface area contributed by atoms with Crippen molar-refractivity contribution in [2.45, 2.75) is 12.8 Å². The predicted molar refractivity (Wildman–Crippen MR) is 110 cm³/mol. The van der Waals surface area contributed by atoms with E-state index in [0.29, 0.717) is 12.8 Å². The number of hydrogen-bond acceptors (Lipinski definition) is 5. The van der Waals surface area contributed by atoms with Gasteiger partial charge >= 0.3 is 0 Å². The third kappa shape index (κ3) is 6.16. The molecule has 1 N–H and O–H groups in total. The molecule has 0 bridgehead atoms. The van der Waals surface area contributed by atoms with Crippen molar-refractivity contribution >= 4 is 32.2 Å². The van der Waals surface area contributed by atoms with Gasteiger partial charge in [0.25, 0.3) is 0 Å². The average molecular weight is 437 g/mol. The fraction of sp³-hybridized carbons (Fsp3) is 0.200. The number of nitrogens with zero attached hydrogens (tertiary/aromatic N) is 1. The first-order valence-electron chi connectivity index (χ1n) is 8.77. The summed E-state index contributed by atoms with van der Waals surface area (Å²) in [6.45, 7) is 0. The van der Waals surface area contributed by atoms with E-state index >= 15 is 0 Å². The Morgan fingerprint density at radius 1 is 1.10 bits per heavy atom. The molecule has 0 atom stereocenters. The summed E-state index contributed by atoms with van der Waals surface area (Å²) in [5, 5.41) is 3.98.